The molecule has 0 atom stereocenters. The van der Waals surface area contributed by atoms with Crippen LogP contribution in [0.25, 0.3) is 0 Å². The average molecular weight is 413 g/mol. The van der Waals surface area contributed by atoms with Gasteiger partial charge >= 0.3 is 6.18 Å². The second-order valence-corrected chi connectivity index (χ2v) is 6.83. The van der Waals surface area contributed by atoms with Crippen LogP contribution in [0, 0.1) is 0 Å². The number of anilines is 2. The highest BCUT2D eigenvalue weighted by Gasteiger charge is 2.33. The molecule has 1 heterocycles. The third kappa shape index (κ3) is 5.37. The smallest absolute Gasteiger partial charge is 0.380 e. The summed E-state index contributed by atoms with van der Waals surface area (Å²) in [5, 5.41) is 5.78. The molecule has 156 valence electrons. The second kappa shape index (κ2) is 9.43. The van der Waals surface area contributed by atoms with Crippen LogP contribution >= 0.6 is 0 Å². The Bertz CT molecular complexity index is 1000. The zero-order valence-electron chi connectivity index (χ0n) is 16.5. The van der Waals surface area contributed by atoms with Crippen molar-refractivity contribution >= 4 is 17.3 Å². The number of aryl methyl sites for hydroxylation is 1. The van der Waals surface area contributed by atoms with Crippen LogP contribution in [0.3, 0.4) is 0 Å². The summed E-state index contributed by atoms with van der Waals surface area (Å²) in [5.74, 6) is -0.482. The Morgan fingerprint density at radius 1 is 1.03 bits per heavy atom. The van der Waals surface area contributed by atoms with Crippen LogP contribution < -0.4 is 10.6 Å². The first-order valence-electron chi connectivity index (χ1n) is 9.61. The third-order valence-corrected chi connectivity index (χ3v) is 4.60. The Hall–Kier alpha value is -3.35. The molecule has 30 heavy (non-hydrogen) atoms. The molecule has 7 heteroatoms. The maximum Gasteiger partial charge on any atom is 0.416 e. The number of nitrogens with one attached hydrogen (secondary N) is 2. The summed E-state index contributed by atoms with van der Waals surface area (Å²) in [4.78, 5) is 16.7. The van der Waals surface area contributed by atoms with Gasteiger partial charge in [-0.1, -0.05) is 31.5 Å². The number of para-hydroxylation sites is 1. The van der Waals surface area contributed by atoms with E-state index in [1.165, 1.54) is 12.1 Å². The van der Waals surface area contributed by atoms with Gasteiger partial charge in [0.25, 0.3) is 5.91 Å². The van der Waals surface area contributed by atoms with Gasteiger partial charge in [0.15, 0.2) is 0 Å². The van der Waals surface area contributed by atoms with Crippen molar-refractivity contribution in [3.63, 3.8) is 0 Å². The Kier molecular flexibility index (Phi) is 6.72. The van der Waals surface area contributed by atoms with Gasteiger partial charge < -0.3 is 10.6 Å². The number of halogens is 3. The first-order chi connectivity index (χ1) is 14.4. The summed E-state index contributed by atoms with van der Waals surface area (Å²) >= 11 is 0. The van der Waals surface area contributed by atoms with Crippen molar-refractivity contribution in [1.29, 1.82) is 0 Å². The lowest BCUT2D eigenvalue weighted by atomic mass is 10.0. The molecule has 0 saturated carbocycles. The maximum atomic E-state index is 13.4. The molecule has 0 radical (unpaired) electrons. The Balaban J connectivity index is 1.79. The summed E-state index contributed by atoms with van der Waals surface area (Å²) in [6.07, 6.45) is -0.197. The van der Waals surface area contributed by atoms with E-state index in [2.05, 4.69) is 15.6 Å². The van der Waals surface area contributed by atoms with E-state index in [1.807, 2.05) is 19.1 Å². The number of benzene rings is 2. The number of rotatable bonds is 7. The van der Waals surface area contributed by atoms with Gasteiger partial charge in [-0.25, -0.2) is 0 Å². The van der Waals surface area contributed by atoms with Crippen molar-refractivity contribution < 1.29 is 18.0 Å². The molecule has 0 aliphatic rings. The van der Waals surface area contributed by atoms with E-state index in [0.29, 0.717) is 30.6 Å². The number of alkyl halides is 3. The van der Waals surface area contributed by atoms with Crippen LogP contribution in [0.2, 0.25) is 0 Å². The van der Waals surface area contributed by atoms with E-state index < -0.39 is 17.6 Å². The fourth-order valence-electron chi connectivity index (χ4n) is 3.14. The summed E-state index contributed by atoms with van der Waals surface area (Å²) in [5.41, 5.74) is 1.54. The molecule has 0 fully saturated rings. The van der Waals surface area contributed by atoms with Crippen molar-refractivity contribution in [2.45, 2.75) is 32.5 Å². The van der Waals surface area contributed by atoms with Crippen LogP contribution in [-0.4, -0.2) is 10.9 Å². The highest BCUT2D eigenvalue weighted by atomic mass is 19.4. The Morgan fingerprint density at radius 3 is 2.47 bits per heavy atom. The van der Waals surface area contributed by atoms with E-state index >= 15 is 0 Å². The summed E-state index contributed by atoms with van der Waals surface area (Å²) in [7, 11) is 0. The predicted molar refractivity (Wildman–Crippen MR) is 111 cm³/mol. The molecule has 2 N–H and O–H groups in total. The van der Waals surface area contributed by atoms with Gasteiger partial charge in [-0.15, -0.1) is 0 Å². The largest absolute Gasteiger partial charge is 0.416 e. The first-order valence-corrected chi connectivity index (χ1v) is 9.61. The van der Waals surface area contributed by atoms with Crippen LogP contribution in [0.15, 0.2) is 67.0 Å². The third-order valence-electron chi connectivity index (χ3n) is 4.60. The van der Waals surface area contributed by atoms with Crippen molar-refractivity contribution in [3.05, 3.63) is 89.2 Å². The number of nitrogens with zero attached hydrogens (tertiary/aromatic N) is 1. The van der Waals surface area contributed by atoms with Gasteiger partial charge in [-0.05, 0) is 53.9 Å². The van der Waals surface area contributed by atoms with Crippen LogP contribution in [0.1, 0.15) is 40.4 Å². The minimum atomic E-state index is -4.48. The van der Waals surface area contributed by atoms with Crippen LogP contribution in [-0.2, 0) is 19.1 Å². The molecule has 0 unspecified atom stereocenters. The molecule has 0 aliphatic heterocycles. The Morgan fingerprint density at radius 2 is 1.77 bits per heavy atom. The molecule has 1 aromatic heterocycles. The minimum Gasteiger partial charge on any atom is -0.380 e. The number of hydrogen-bond acceptors (Lipinski definition) is 3. The molecule has 0 saturated heterocycles. The van der Waals surface area contributed by atoms with E-state index in [9.17, 15) is 18.0 Å². The topological polar surface area (TPSA) is 54.0 Å². The lowest BCUT2D eigenvalue weighted by Crippen LogP contribution is -2.16. The standard InChI is InChI=1S/C23H22F3N3O/c1-2-5-17-8-9-18(14-20(17)23(24,25)26)29-22(30)19-6-3-4-7-21(19)28-15-16-10-12-27-13-11-16/h3-4,6-14,28H,2,5,15H2,1H3,(H,29,30). The number of aromatic nitrogens is 1. The second-order valence-electron chi connectivity index (χ2n) is 6.83. The number of carbonyl (C=O) groups is 1. The van der Waals surface area contributed by atoms with Crippen molar-refractivity contribution in [2.75, 3.05) is 10.6 Å². The lowest BCUT2D eigenvalue weighted by Gasteiger charge is -2.16. The van der Waals surface area contributed by atoms with Gasteiger partial charge in [0.2, 0.25) is 0 Å². The molecule has 2 aromatic carbocycles. The van der Waals surface area contributed by atoms with Gasteiger partial charge in [-0.2, -0.15) is 13.2 Å². The highest BCUT2D eigenvalue weighted by Crippen LogP contribution is 2.34. The van der Waals surface area contributed by atoms with Crippen LogP contribution in [0.5, 0.6) is 0 Å². The van der Waals surface area contributed by atoms with Gasteiger partial charge in [0, 0.05) is 30.3 Å². The molecule has 0 bridgehead atoms. The predicted octanol–water partition coefficient (Wildman–Crippen LogP) is 5.92. The SMILES string of the molecule is CCCc1ccc(NC(=O)c2ccccc2NCc2ccncc2)cc1C(F)(F)F. The average Bonchev–Trinajstić information content (AvgIpc) is 2.73. The zero-order chi connectivity index (χ0) is 21.6. The molecule has 3 aromatic rings. The molecule has 0 spiro atoms. The van der Waals surface area contributed by atoms with Crippen molar-refractivity contribution in [1.82, 2.24) is 4.98 Å². The fourth-order valence-corrected chi connectivity index (χ4v) is 3.14. The zero-order valence-corrected chi connectivity index (χ0v) is 16.5. The van der Waals surface area contributed by atoms with Gasteiger partial charge in [0.1, 0.15) is 0 Å². The van der Waals surface area contributed by atoms with Crippen molar-refractivity contribution in [2.24, 2.45) is 0 Å². The van der Waals surface area contributed by atoms with Gasteiger partial charge in [-0.3, -0.25) is 9.78 Å². The summed E-state index contributed by atoms with van der Waals surface area (Å²) < 4.78 is 40.2. The van der Waals surface area contributed by atoms with E-state index in [1.54, 1.807) is 36.7 Å². The van der Waals surface area contributed by atoms with E-state index in [4.69, 9.17) is 0 Å². The fraction of sp³-hybridized carbons (Fsp3) is 0.217. The minimum absolute atomic E-state index is 0.108. The number of amides is 1. The number of carbonyl (C=O) groups excluding carboxylic acids is 1. The molecule has 0 aliphatic carbocycles. The van der Waals surface area contributed by atoms with Gasteiger partial charge in [0.05, 0.1) is 11.1 Å². The molecular formula is C23H22F3N3O. The maximum absolute atomic E-state index is 13.4. The quantitative estimate of drug-likeness (QED) is 0.506. The number of pyridine rings is 1. The van der Waals surface area contributed by atoms with E-state index in [-0.39, 0.29) is 11.3 Å². The summed E-state index contributed by atoms with van der Waals surface area (Å²) in [6, 6.07) is 14.5. The Labute approximate surface area is 173 Å². The molecular weight excluding hydrogens is 391 g/mol. The highest BCUT2D eigenvalue weighted by molar-refractivity contribution is 6.08. The number of hydrogen-bond donors (Lipinski definition) is 2. The molecule has 4 nitrogen and oxygen atoms in total. The van der Waals surface area contributed by atoms with E-state index in [0.717, 1.165) is 11.6 Å². The normalized spacial score (nSPS) is 11.2. The molecule has 3 rings (SSSR count). The first kappa shape index (κ1) is 21.4. The monoisotopic (exact) mass is 413 g/mol. The van der Waals surface area contributed by atoms with Crippen LogP contribution in [0.4, 0.5) is 24.5 Å². The van der Waals surface area contributed by atoms with Crippen molar-refractivity contribution in [3.8, 4) is 0 Å². The lowest BCUT2D eigenvalue weighted by molar-refractivity contribution is -0.138. The molecule has 1 amide bonds. The summed E-state index contributed by atoms with van der Waals surface area (Å²) in [6.45, 7) is 2.31.